The molecule has 1 aliphatic heterocycles. The van der Waals surface area contributed by atoms with Crippen LogP contribution in [0.5, 0.6) is 0 Å². The molecule has 1 aromatic carbocycles. The molecule has 12 heteroatoms. The number of pyridine rings is 1. The van der Waals surface area contributed by atoms with Gasteiger partial charge in [-0.05, 0) is 37.3 Å². The summed E-state index contributed by atoms with van der Waals surface area (Å²) in [4.78, 5) is 55.2. The topological polar surface area (TPSA) is 132 Å². The fourth-order valence-corrected chi connectivity index (χ4v) is 3.73. The highest BCUT2D eigenvalue weighted by Gasteiger charge is 2.38. The molecule has 0 saturated carbocycles. The van der Waals surface area contributed by atoms with Crippen molar-refractivity contribution in [2.45, 2.75) is 33.4 Å². The monoisotopic (exact) mass is 556 g/mol. The van der Waals surface area contributed by atoms with Gasteiger partial charge in [-0.3, -0.25) is 24.3 Å². The van der Waals surface area contributed by atoms with Crippen LogP contribution >= 0.6 is 0 Å². The van der Waals surface area contributed by atoms with Gasteiger partial charge < -0.3 is 15.4 Å². The average Bonchev–Trinajstić information content (AvgIpc) is 3.34. The van der Waals surface area contributed by atoms with Crippen LogP contribution in [-0.2, 0) is 20.8 Å². The van der Waals surface area contributed by atoms with Crippen LogP contribution in [0.4, 0.5) is 18.9 Å². The van der Waals surface area contributed by atoms with E-state index in [-0.39, 0.29) is 23.6 Å². The van der Waals surface area contributed by atoms with E-state index in [0.717, 1.165) is 28.2 Å². The number of nitrogens with zero attached hydrogens (tertiary/aromatic N) is 2. The maximum Gasteiger partial charge on any atom is 0.490 e. The Kier molecular flexibility index (Phi) is 8.92. The smallest absolute Gasteiger partial charge is 0.475 e. The summed E-state index contributed by atoms with van der Waals surface area (Å²) >= 11 is 0. The number of hydrogen-bond acceptors (Lipinski definition) is 5. The zero-order chi connectivity index (χ0) is 29.8. The number of carbonyl (C=O) groups excluding carboxylic acids is 3. The molecule has 0 aliphatic carbocycles. The number of fused-ring (bicyclic) bond motifs is 1. The Morgan fingerprint density at radius 2 is 1.80 bits per heavy atom. The third-order valence-electron chi connectivity index (χ3n) is 5.83. The molecule has 3 N–H and O–H groups in total. The SMILES string of the molecule is C=C(C)C(=O)N1CCc2[nH]c(-c3ccnc(-c4cccc(NC(=O)C(C)C)c4)c3)cc2C1=O.O=C(O)C(F)(F)F. The number of carboxylic acid groups (broad SMARTS) is 1. The minimum Gasteiger partial charge on any atom is -0.475 e. The number of aromatic nitrogens is 2. The molecule has 0 spiro atoms. The van der Waals surface area contributed by atoms with Crippen molar-refractivity contribution >= 4 is 29.4 Å². The van der Waals surface area contributed by atoms with E-state index in [9.17, 15) is 27.6 Å². The number of rotatable bonds is 5. The molecule has 0 unspecified atom stereocenters. The molecule has 0 saturated heterocycles. The number of nitrogens with one attached hydrogen (secondary N) is 2. The van der Waals surface area contributed by atoms with Crippen molar-refractivity contribution in [2.75, 3.05) is 11.9 Å². The van der Waals surface area contributed by atoms with Crippen molar-refractivity contribution < 1.29 is 37.5 Å². The van der Waals surface area contributed by atoms with Crippen molar-refractivity contribution in [3.05, 3.63) is 72.1 Å². The summed E-state index contributed by atoms with van der Waals surface area (Å²) in [6.07, 6.45) is -2.81. The number of amides is 3. The maximum absolute atomic E-state index is 12.9. The van der Waals surface area contributed by atoms with Gasteiger partial charge >= 0.3 is 12.1 Å². The van der Waals surface area contributed by atoms with Gasteiger partial charge in [-0.15, -0.1) is 0 Å². The van der Waals surface area contributed by atoms with Gasteiger partial charge in [-0.1, -0.05) is 32.6 Å². The summed E-state index contributed by atoms with van der Waals surface area (Å²) in [5.41, 5.74) is 5.63. The van der Waals surface area contributed by atoms with Crippen molar-refractivity contribution in [1.82, 2.24) is 14.9 Å². The van der Waals surface area contributed by atoms with Gasteiger partial charge in [0.05, 0.1) is 11.3 Å². The van der Waals surface area contributed by atoms with Crippen LogP contribution in [0.2, 0.25) is 0 Å². The lowest BCUT2D eigenvalue weighted by atomic mass is 10.0. The molecule has 4 rings (SSSR count). The Morgan fingerprint density at radius 3 is 2.40 bits per heavy atom. The average molecular weight is 557 g/mol. The first kappa shape index (κ1) is 29.8. The predicted molar refractivity (Wildman–Crippen MR) is 141 cm³/mol. The molecular formula is C28H27F3N4O5. The zero-order valence-electron chi connectivity index (χ0n) is 21.9. The molecule has 1 aliphatic rings. The molecule has 40 heavy (non-hydrogen) atoms. The molecular weight excluding hydrogens is 529 g/mol. The van der Waals surface area contributed by atoms with Gasteiger partial charge in [0.15, 0.2) is 0 Å². The van der Waals surface area contributed by atoms with Crippen LogP contribution in [0.3, 0.4) is 0 Å². The van der Waals surface area contributed by atoms with E-state index in [1.807, 2.05) is 50.2 Å². The number of benzene rings is 1. The number of aromatic amines is 1. The second-order valence-electron chi connectivity index (χ2n) is 9.32. The lowest BCUT2D eigenvalue weighted by molar-refractivity contribution is -0.192. The Hall–Kier alpha value is -4.74. The van der Waals surface area contributed by atoms with Gasteiger partial charge in [-0.2, -0.15) is 13.2 Å². The number of hydrogen-bond donors (Lipinski definition) is 3. The number of carbonyl (C=O) groups is 4. The third kappa shape index (κ3) is 7.01. The van der Waals surface area contributed by atoms with E-state index in [4.69, 9.17) is 9.90 Å². The zero-order valence-corrected chi connectivity index (χ0v) is 21.9. The first-order valence-electron chi connectivity index (χ1n) is 12.1. The second kappa shape index (κ2) is 12.0. The molecule has 3 aromatic rings. The van der Waals surface area contributed by atoms with E-state index < -0.39 is 12.1 Å². The summed E-state index contributed by atoms with van der Waals surface area (Å²) in [7, 11) is 0. The second-order valence-corrected chi connectivity index (χ2v) is 9.32. The van der Waals surface area contributed by atoms with E-state index in [2.05, 4.69) is 21.9 Å². The van der Waals surface area contributed by atoms with E-state index in [1.54, 1.807) is 19.2 Å². The first-order valence-corrected chi connectivity index (χ1v) is 12.1. The van der Waals surface area contributed by atoms with Crippen molar-refractivity contribution in [3.8, 4) is 22.5 Å². The number of aliphatic carboxylic acids is 1. The van der Waals surface area contributed by atoms with E-state index >= 15 is 0 Å². The van der Waals surface area contributed by atoms with Crippen LogP contribution in [0.1, 0.15) is 36.8 Å². The summed E-state index contributed by atoms with van der Waals surface area (Å²) in [5, 5.41) is 10.0. The number of halogens is 3. The standard InChI is InChI=1S/C26H26N4O3.C2HF3O2/c1-15(2)24(31)28-19-7-5-6-17(12-19)22-13-18(8-10-27-22)23-14-20-21(29-23)9-11-30(26(20)33)25(32)16(3)4;3-2(4,5)1(6)7/h5-8,10,12-15,29H,3,9,11H2,1-2,4H3,(H,28,31);(H,6,7). The first-order chi connectivity index (χ1) is 18.7. The van der Waals surface area contributed by atoms with Crippen LogP contribution in [0.15, 0.2) is 60.8 Å². The van der Waals surface area contributed by atoms with Gasteiger partial charge in [0.1, 0.15) is 0 Å². The molecule has 0 atom stereocenters. The number of anilines is 1. The van der Waals surface area contributed by atoms with Crippen molar-refractivity contribution in [1.29, 1.82) is 0 Å². The van der Waals surface area contributed by atoms with Gasteiger partial charge in [-0.25, -0.2) is 4.79 Å². The molecule has 210 valence electrons. The fraction of sp³-hybridized carbons (Fsp3) is 0.250. The Labute approximate surface area is 227 Å². The maximum atomic E-state index is 12.9. The highest BCUT2D eigenvalue weighted by molar-refractivity contribution is 6.11. The molecule has 3 amide bonds. The van der Waals surface area contributed by atoms with E-state index in [1.165, 1.54) is 4.90 Å². The van der Waals surface area contributed by atoms with Gasteiger partial charge in [0.2, 0.25) is 5.91 Å². The van der Waals surface area contributed by atoms with Crippen LogP contribution in [0.25, 0.3) is 22.5 Å². The summed E-state index contributed by atoms with van der Waals surface area (Å²) in [6, 6.07) is 13.1. The number of alkyl halides is 3. The lowest BCUT2D eigenvalue weighted by Gasteiger charge is -2.24. The lowest BCUT2D eigenvalue weighted by Crippen LogP contribution is -2.42. The Morgan fingerprint density at radius 1 is 1.12 bits per heavy atom. The molecule has 9 nitrogen and oxygen atoms in total. The summed E-state index contributed by atoms with van der Waals surface area (Å²) in [6.45, 7) is 9.29. The fourth-order valence-electron chi connectivity index (χ4n) is 3.73. The minimum absolute atomic E-state index is 0.0466. The van der Waals surface area contributed by atoms with Crippen LogP contribution in [0, 0.1) is 5.92 Å². The van der Waals surface area contributed by atoms with Crippen molar-refractivity contribution in [2.24, 2.45) is 5.92 Å². The van der Waals surface area contributed by atoms with Crippen LogP contribution < -0.4 is 5.32 Å². The van der Waals surface area contributed by atoms with Gasteiger partial charge in [0, 0.05) is 58.9 Å². The van der Waals surface area contributed by atoms with Gasteiger partial charge in [0.25, 0.3) is 11.8 Å². The summed E-state index contributed by atoms with van der Waals surface area (Å²) < 4.78 is 31.7. The summed E-state index contributed by atoms with van der Waals surface area (Å²) in [5.74, 6) is -3.57. The molecule has 3 heterocycles. The van der Waals surface area contributed by atoms with E-state index in [0.29, 0.717) is 29.8 Å². The minimum atomic E-state index is -5.08. The predicted octanol–water partition coefficient (Wildman–Crippen LogP) is 5.07. The molecule has 0 fully saturated rings. The molecule has 2 aromatic heterocycles. The number of H-pyrrole nitrogens is 1. The Balaban J connectivity index is 0.000000559. The highest BCUT2D eigenvalue weighted by atomic mass is 19.4. The largest absolute Gasteiger partial charge is 0.490 e. The molecule has 0 radical (unpaired) electrons. The number of imide groups is 1. The van der Waals surface area contributed by atoms with Crippen molar-refractivity contribution in [3.63, 3.8) is 0 Å². The molecule has 0 bridgehead atoms. The van der Waals surface area contributed by atoms with Crippen LogP contribution in [-0.4, -0.2) is 56.4 Å². The third-order valence-corrected chi connectivity index (χ3v) is 5.83. The highest BCUT2D eigenvalue weighted by Crippen LogP contribution is 2.29. The quantitative estimate of drug-likeness (QED) is 0.376. The normalized spacial score (nSPS) is 12.8. The number of carboxylic acids is 1. The Bertz CT molecular complexity index is 1480.